The molecule has 2 aliphatic rings. The summed E-state index contributed by atoms with van der Waals surface area (Å²) < 4.78 is 54.2. The van der Waals surface area contributed by atoms with Crippen LogP contribution in [0.1, 0.15) is 36.3 Å². The van der Waals surface area contributed by atoms with E-state index in [0.29, 0.717) is 25.1 Å². The van der Waals surface area contributed by atoms with E-state index < -0.39 is 28.7 Å². The number of hydrogen-bond acceptors (Lipinski definition) is 4. The number of methoxy groups -OCH3 is 2. The third-order valence-electron chi connectivity index (χ3n) is 7.59. The van der Waals surface area contributed by atoms with Gasteiger partial charge in [-0.15, -0.1) is 0 Å². The fourth-order valence-corrected chi connectivity index (χ4v) is 6.25. The van der Waals surface area contributed by atoms with Crippen LogP contribution < -0.4 is 10.1 Å². The molecular formula is C26H27Cl2F3N2O4. The molecule has 2 aromatic rings. The summed E-state index contributed by atoms with van der Waals surface area (Å²) in [4.78, 5) is 27.2. The van der Waals surface area contributed by atoms with Gasteiger partial charge in [-0.1, -0.05) is 41.4 Å². The maximum atomic E-state index is 14.6. The Hall–Kier alpha value is -2.49. The lowest BCUT2D eigenvalue weighted by molar-refractivity contribution is -0.271. The topological polar surface area (TPSA) is 67.9 Å². The number of alkyl halides is 3. The Morgan fingerprint density at radius 3 is 2.27 bits per heavy atom. The van der Waals surface area contributed by atoms with Crippen molar-refractivity contribution in [1.29, 1.82) is 0 Å². The van der Waals surface area contributed by atoms with E-state index >= 15 is 0 Å². The van der Waals surface area contributed by atoms with Gasteiger partial charge in [0.2, 0.25) is 5.91 Å². The van der Waals surface area contributed by atoms with Crippen LogP contribution in [-0.4, -0.2) is 56.7 Å². The summed E-state index contributed by atoms with van der Waals surface area (Å²) in [5, 5.41) is 2.80. The molecule has 11 heteroatoms. The molecule has 2 heterocycles. The number of nitrogens with one attached hydrogen (secondary N) is 1. The van der Waals surface area contributed by atoms with Gasteiger partial charge in [-0.25, -0.2) is 0 Å². The normalized spacial score (nSPS) is 21.3. The van der Waals surface area contributed by atoms with Crippen molar-refractivity contribution < 1.29 is 32.2 Å². The van der Waals surface area contributed by atoms with Crippen LogP contribution in [0.5, 0.6) is 5.75 Å². The minimum atomic E-state index is -5.09. The van der Waals surface area contributed by atoms with Gasteiger partial charge in [0.1, 0.15) is 5.75 Å². The largest absolute Gasteiger partial charge is 0.496 e. The molecule has 2 fully saturated rings. The Balaban J connectivity index is 1.66. The van der Waals surface area contributed by atoms with Gasteiger partial charge in [-0.3, -0.25) is 9.59 Å². The van der Waals surface area contributed by atoms with Gasteiger partial charge in [0, 0.05) is 54.7 Å². The van der Waals surface area contributed by atoms with Crippen molar-refractivity contribution in [2.24, 2.45) is 5.41 Å². The average molecular weight is 559 g/mol. The number of halogens is 5. The first-order chi connectivity index (χ1) is 17.5. The van der Waals surface area contributed by atoms with Crippen LogP contribution >= 0.6 is 23.2 Å². The maximum absolute atomic E-state index is 14.6. The molecule has 2 saturated heterocycles. The molecule has 1 spiro atoms. The summed E-state index contributed by atoms with van der Waals surface area (Å²) in [5.74, 6) is -0.819. The van der Waals surface area contributed by atoms with Gasteiger partial charge in [-0.05, 0) is 48.1 Å². The van der Waals surface area contributed by atoms with E-state index in [2.05, 4.69) is 5.32 Å². The van der Waals surface area contributed by atoms with Gasteiger partial charge in [-0.2, -0.15) is 13.2 Å². The summed E-state index contributed by atoms with van der Waals surface area (Å²) in [7, 11) is 2.41. The Labute approximate surface area is 223 Å². The monoisotopic (exact) mass is 558 g/mol. The van der Waals surface area contributed by atoms with Crippen molar-refractivity contribution in [3.8, 4) is 5.75 Å². The predicted molar refractivity (Wildman–Crippen MR) is 133 cm³/mol. The van der Waals surface area contributed by atoms with Crippen molar-refractivity contribution in [2.45, 2.75) is 37.0 Å². The number of ether oxygens (including phenoxy) is 2. The van der Waals surface area contributed by atoms with E-state index in [9.17, 15) is 22.8 Å². The summed E-state index contributed by atoms with van der Waals surface area (Å²) in [6, 6.07) is 10.9. The van der Waals surface area contributed by atoms with E-state index in [1.54, 1.807) is 7.11 Å². The zero-order chi connectivity index (χ0) is 27.0. The van der Waals surface area contributed by atoms with Crippen LogP contribution in [0.15, 0.2) is 42.5 Å². The van der Waals surface area contributed by atoms with Crippen molar-refractivity contribution in [3.63, 3.8) is 0 Å². The third kappa shape index (κ3) is 4.89. The molecule has 0 radical (unpaired) electrons. The second kappa shape index (κ2) is 10.3. The minimum Gasteiger partial charge on any atom is -0.496 e. The zero-order valence-corrected chi connectivity index (χ0v) is 21.8. The van der Waals surface area contributed by atoms with E-state index in [-0.39, 0.29) is 41.4 Å². The first kappa shape index (κ1) is 27.5. The molecule has 2 amide bonds. The molecule has 2 aromatic carbocycles. The second-order valence-corrected chi connectivity index (χ2v) is 10.3. The van der Waals surface area contributed by atoms with Crippen LogP contribution in [-0.2, 0) is 19.9 Å². The van der Waals surface area contributed by atoms with E-state index in [4.69, 9.17) is 32.7 Å². The fraction of sp³-hybridized carbons (Fsp3) is 0.462. The Bertz CT molecular complexity index is 1160. The van der Waals surface area contributed by atoms with Gasteiger partial charge < -0.3 is 19.7 Å². The van der Waals surface area contributed by atoms with Crippen molar-refractivity contribution in [1.82, 2.24) is 10.2 Å². The Morgan fingerprint density at radius 2 is 1.70 bits per heavy atom. The molecular weight excluding hydrogens is 532 g/mol. The summed E-state index contributed by atoms with van der Waals surface area (Å²) >= 11 is 12.0. The maximum Gasteiger partial charge on any atom is 0.430 e. The average Bonchev–Trinajstić information content (AvgIpc) is 2.84. The number of rotatable bonds is 5. The molecule has 2 aliphatic heterocycles. The number of benzene rings is 2. The number of piperidine rings is 2. The molecule has 0 saturated carbocycles. The second-order valence-electron chi connectivity index (χ2n) is 9.47. The lowest BCUT2D eigenvalue weighted by Gasteiger charge is -2.50. The number of amides is 2. The SMILES string of the molecule is COc1ccccc1C1CNC(=O)CC12CCN(C(=O)C(OC)(c1cc(Cl)cc(Cl)c1)C(F)(F)F)CC2. The van der Waals surface area contributed by atoms with Crippen molar-refractivity contribution in [3.05, 3.63) is 63.6 Å². The molecule has 2 unspecified atom stereocenters. The third-order valence-corrected chi connectivity index (χ3v) is 8.03. The lowest BCUT2D eigenvalue weighted by atomic mass is 9.62. The molecule has 6 nitrogen and oxygen atoms in total. The van der Waals surface area contributed by atoms with Crippen LogP contribution in [0.25, 0.3) is 0 Å². The molecule has 0 aliphatic carbocycles. The molecule has 1 N–H and O–H groups in total. The van der Waals surface area contributed by atoms with Gasteiger partial charge in [0.05, 0.1) is 7.11 Å². The highest BCUT2D eigenvalue weighted by molar-refractivity contribution is 6.34. The van der Waals surface area contributed by atoms with Crippen LogP contribution in [0.2, 0.25) is 10.0 Å². The Kier molecular flexibility index (Phi) is 7.70. The number of para-hydroxylation sites is 1. The van der Waals surface area contributed by atoms with Gasteiger partial charge >= 0.3 is 6.18 Å². The highest BCUT2D eigenvalue weighted by Gasteiger charge is 2.64. The molecule has 2 atom stereocenters. The van der Waals surface area contributed by atoms with Crippen molar-refractivity contribution >= 4 is 35.0 Å². The lowest BCUT2D eigenvalue weighted by Crippen LogP contribution is -2.60. The fourth-order valence-electron chi connectivity index (χ4n) is 5.72. The smallest absolute Gasteiger partial charge is 0.430 e. The number of nitrogens with zero attached hydrogens (tertiary/aromatic N) is 1. The number of carbonyl (C=O) groups is 2. The number of likely N-dealkylation sites (tertiary alicyclic amines) is 1. The molecule has 200 valence electrons. The van der Waals surface area contributed by atoms with E-state index in [1.807, 2.05) is 24.3 Å². The first-order valence-corrected chi connectivity index (χ1v) is 12.5. The first-order valence-electron chi connectivity index (χ1n) is 11.7. The molecule has 0 aromatic heterocycles. The van der Waals surface area contributed by atoms with Gasteiger partial charge in [0.25, 0.3) is 11.5 Å². The Morgan fingerprint density at radius 1 is 1.08 bits per heavy atom. The molecule has 0 bridgehead atoms. The van der Waals surface area contributed by atoms with Crippen LogP contribution in [0.3, 0.4) is 0 Å². The number of carbonyl (C=O) groups excluding carboxylic acids is 2. The molecule has 4 rings (SSSR count). The summed E-state index contributed by atoms with van der Waals surface area (Å²) in [6.07, 6.45) is -4.21. The number of hydrogen-bond donors (Lipinski definition) is 1. The zero-order valence-electron chi connectivity index (χ0n) is 20.3. The van der Waals surface area contributed by atoms with Gasteiger partial charge in [0.15, 0.2) is 0 Å². The minimum absolute atomic E-state index is 0.0211. The van der Waals surface area contributed by atoms with E-state index in [1.165, 1.54) is 6.07 Å². The van der Waals surface area contributed by atoms with Crippen molar-refractivity contribution in [2.75, 3.05) is 33.9 Å². The predicted octanol–water partition coefficient (Wildman–Crippen LogP) is 5.32. The highest BCUT2D eigenvalue weighted by Crippen LogP contribution is 2.52. The quantitative estimate of drug-likeness (QED) is 0.539. The van der Waals surface area contributed by atoms with E-state index in [0.717, 1.165) is 29.7 Å². The molecule has 37 heavy (non-hydrogen) atoms. The summed E-state index contributed by atoms with van der Waals surface area (Å²) in [5.41, 5.74) is -3.40. The summed E-state index contributed by atoms with van der Waals surface area (Å²) in [6.45, 7) is 0.416. The standard InChI is InChI=1S/C26H27Cl2F3N2O4/c1-36-21-6-4-3-5-19(21)20-15-32-22(34)14-24(20)7-9-33(10-8-24)23(35)25(37-2,26(29,30)31)16-11-17(27)13-18(28)12-16/h3-6,11-13,20H,7-10,14-15H2,1-2H3,(H,32,34). The van der Waals surface area contributed by atoms with Crippen LogP contribution in [0.4, 0.5) is 13.2 Å². The van der Waals surface area contributed by atoms with Crippen LogP contribution in [0, 0.1) is 5.41 Å². The highest BCUT2D eigenvalue weighted by atomic mass is 35.5.